The zero-order valence-electron chi connectivity index (χ0n) is 25.8. The molecule has 11 heteroatoms. The van der Waals surface area contributed by atoms with Crippen molar-refractivity contribution in [2.45, 2.75) is 26.8 Å². The summed E-state index contributed by atoms with van der Waals surface area (Å²) in [5.41, 5.74) is 2.28. The number of benzene rings is 3. The van der Waals surface area contributed by atoms with Crippen molar-refractivity contribution in [1.82, 2.24) is 4.57 Å². The summed E-state index contributed by atoms with van der Waals surface area (Å²) in [5, 5.41) is 0.778. The second-order valence-electron chi connectivity index (χ2n) is 10.3. The van der Waals surface area contributed by atoms with Crippen molar-refractivity contribution in [3.63, 3.8) is 0 Å². The molecule has 0 spiro atoms. The first kappa shape index (κ1) is 32.4. The smallest absolute Gasteiger partial charge is 0.338 e. The van der Waals surface area contributed by atoms with E-state index in [2.05, 4.69) is 0 Å². The van der Waals surface area contributed by atoms with Crippen LogP contribution in [0.1, 0.15) is 43.7 Å². The first-order chi connectivity index (χ1) is 22.8. The maximum absolute atomic E-state index is 14.3. The number of carbonyl (C=O) groups excluding carboxylic acids is 1. The Kier molecular flexibility index (Phi) is 9.68. The molecule has 47 heavy (non-hydrogen) atoms. The molecule has 6 rings (SSSR count). The monoisotopic (exact) mass is 688 g/mol. The number of rotatable bonds is 10. The second kappa shape index (κ2) is 14.0. The predicted octanol–water partition coefficient (Wildman–Crippen LogP) is 7.30. The molecule has 1 aliphatic heterocycles. The van der Waals surface area contributed by atoms with Gasteiger partial charge in [-0.25, -0.2) is 9.79 Å². The Hall–Kier alpha value is -4.57. The van der Waals surface area contributed by atoms with Gasteiger partial charge in [0.1, 0.15) is 11.5 Å². The Morgan fingerprint density at radius 1 is 0.936 bits per heavy atom. The zero-order valence-corrected chi connectivity index (χ0v) is 28.1. The van der Waals surface area contributed by atoms with Crippen LogP contribution in [0.25, 0.3) is 23.1 Å². The number of hydrogen-bond acceptors (Lipinski definition) is 8. The summed E-state index contributed by atoms with van der Waals surface area (Å²) in [7, 11) is 0. The third-order valence-corrected chi connectivity index (χ3v) is 9.18. The largest absolute Gasteiger partial charge is 0.490 e. The molecule has 0 saturated carbocycles. The van der Waals surface area contributed by atoms with Crippen LogP contribution in [-0.4, -0.2) is 30.4 Å². The number of fused-ring (bicyclic) bond motifs is 1. The topological polar surface area (TPSA) is 92.3 Å². The fourth-order valence-corrected chi connectivity index (χ4v) is 6.77. The Balaban J connectivity index is 1.58. The fourth-order valence-electron chi connectivity index (χ4n) is 5.39. The van der Waals surface area contributed by atoms with Gasteiger partial charge >= 0.3 is 5.97 Å². The van der Waals surface area contributed by atoms with E-state index in [9.17, 15) is 9.59 Å². The molecule has 2 aromatic heterocycles. The van der Waals surface area contributed by atoms with E-state index in [-0.39, 0.29) is 17.7 Å². The molecular formula is C36H30Cl2N2O6S. The van der Waals surface area contributed by atoms with Crippen molar-refractivity contribution in [1.29, 1.82) is 0 Å². The molecule has 0 fully saturated rings. The SMILES string of the molecule is CCOC(=O)C1=C(c2ccccc2)N=c2s/c(=C/c3ccc(-c4cccc(Cl)c4Cl)o3)c(=O)n2[C@H]1c1ccc(OCC)c(OCC)c1. The van der Waals surface area contributed by atoms with Gasteiger partial charge in [-0.15, -0.1) is 0 Å². The second-order valence-corrected chi connectivity index (χ2v) is 12.1. The number of esters is 1. The van der Waals surface area contributed by atoms with Gasteiger partial charge < -0.3 is 18.6 Å². The van der Waals surface area contributed by atoms with E-state index in [1.807, 2.05) is 50.2 Å². The summed E-state index contributed by atoms with van der Waals surface area (Å²) in [4.78, 5) is 33.4. The van der Waals surface area contributed by atoms with E-state index >= 15 is 0 Å². The average molecular weight is 690 g/mol. The molecule has 3 heterocycles. The van der Waals surface area contributed by atoms with Gasteiger partial charge in [-0.1, -0.05) is 77.0 Å². The van der Waals surface area contributed by atoms with Crippen LogP contribution >= 0.6 is 34.5 Å². The number of hydrogen-bond donors (Lipinski definition) is 0. The number of aromatic nitrogens is 1. The number of thiazole rings is 1. The standard InChI is InChI=1S/C36H30Cl2N2O6S/c1-4-43-27-17-15-22(19-28(27)44-5-2)33-30(35(42)45-6-3)32(21-11-8-7-9-12-21)39-36-40(33)34(41)29(47-36)20-23-16-18-26(46-23)24-13-10-14-25(37)31(24)38/h7-20,33H,4-6H2,1-3H3/b29-20+/t33-/m0/s1. The van der Waals surface area contributed by atoms with Gasteiger partial charge in [-0.05, 0) is 62.7 Å². The van der Waals surface area contributed by atoms with E-state index in [1.165, 1.54) is 15.9 Å². The van der Waals surface area contributed by atoms with Gasteiger partial charge in [0, 0.05) is 17.2 Å². The van der Waals surface area contributed by atoms with Crippen LogP contribution in [0.4, 0.5) is 0 Å². The highest BCUT2D eigenvalue weighted by atomic mass is 35.5. The molecule has 3 aromatic carbocycles. The number of furan rings is 1. The molecule has 1 aliphatic rings. The number of carbonyl (C=O) groups is 1. The van der Waals surface area contributed by atoms with Crippen molar-refractivity contribution in [2.75, 3.05) is 19.8 Å². The molecule has 0 amide bonds. The number of nitrogens with zero attached hydrogens (tertiary/aromatic N) is 2. The van der Waals surface area contributed by atoms with Crippen LogP contribution in [0.5, 0.6) is 11.5 Å². The minimum atomic E-state index is -0.880. The first-order valence-electron chi connectivity index (χ1n) is 15.1. The van der Waals surface area contributed by atoms with Crippen LogP contribution in [0, 0.1) is 0 Å². The maximum atomic E-state index is 14.3. The van der Waals surface area contributed by atoms with Crippen LogP contribution in [0.3, 0.4) is 0 Å². The van der Waals surface area contributed by atoms with Gasteiger partial charge in [-0.3, -0.25) is 9.36 Å². The summed E-state index contributed by atoms with van der Waals surface area (Å²) >= 11 is 13.8. The van der Waals surface area contributed by atoms with E-state index < -0.39 is 12.0 Å². The first-order valence-corrected chi connectivity index (χ1v) is 16.6. The van der Waals surface area contributed by atoms with Crippen molar-refractivity contribution < 1.29 is 23.4 Å². The summed E-state index contributed by atoms with van der Waals surface area (Å²) in [5.74, 6) is 1.42. The molecule has 0 aliphatic carbocycles. The molecule has 0 bridgehead atoms. The quantitative estimate of drug-likeness (QED) is 0.143. The van der Waals surface area contributed by atoms with Crippen molar-refractivity contribution >= 4 is 52.3 Å². The van der Waals surface area contributed by atoms with Crippen LogP contribution < -0.4 is 24.4 Å². The minimum Gasteiger partial charge on any atom is -0.490 e. The van der Waals surface area contributed by atoms with E-state index in [0.717, 1.165) is 0 Å². The maximum Gasteiger partial charge on any atom is 0.338 e. The summed E-state index contributed by atoms with van der Waals surface area (Å²) < 4.78 is 25.3. The third kappa shape index (κ3) is 6.39. The van der Waals surface area contributed by atoms with Crippen molar-refractivity contribution in [3.05, 3.63) is 131 Å². The number of halogens is 2. The molecule has 240 valence electrons. The lowest BCUT2D eigenvalue weighted by Gasteiger charge is -2.26. The Morgan fingerprint density at radius 3 is 2.45 bits per heavy atom. The number of ether oxygens (including phenoxy) is 3. The summed E-state index contributed by atoms with van der Waals surface area (Å²) in [6.45, 7) is 6.49. The van der Waals surface area contributed by atoms with Crippen LogP contribution in [0.15, 0.2) is 98.6 Å². The highest BCUT2D eigenvalue weighted by molar-refractivity contribution is 7.07. The van der Waals surface area contributed by atoms with Crippen molar-refractivity contribution in [3.8, 4) is 22.8 Å². The summed E-state index contributed by atoms with van der Waals surface area (Å²) in [6.07, 6.45) is 1.66. The Labute approximate surface area is 284 Å². The fraction of sp³-hybridized carbons (Fsp3) is 0.194. The van der Waals surface area contributed by atoms with E-state index in [0.29, 0.717) is 78.0 Å². The van der Waals surface area contributed by atoms with Gasteiger partial charge in [0.25, 0.3) is 5.56 Å². The molecule has 0 unspecified atom stereocenters. The molecule has 8 nitrogen and oxygen atoms in total. The minimum absolute atomic E-state index is 0.145. The van der Waals surface area contributed by atoms with Gasteiger partial charge in [0.05, 0.1) is 51.7 Å². The molecule has 0 radical (unpaired) electrons. The molecular weight excluding hydrogens is 659 g/mol. The molecule has 0 saturated heterocycles. The van der Waals surface area contributed by atoms with Crippen molar-refractivity contribution in [2.24, 2.45) is 4.99 Å². The molecule has 0 N–H and O–H groups in total. The summed E-state index contributed by atoms with van der Waals surface area (Å²) in [6, 6.07) is 22.7. The van der Waals surface area contributed by atoms with Gasteiger partial charge in [0.15, 0.2) is 16.3 Å². The lowest BCUT2D eigenvalue weighted by atomic mass is 9.93. The molecule has 5 aromatic rings. The zero-order chi connectivity index (χ0) is 33.1. The highest BCUT2D eigenvalue weighted by Gasteiger charge is 2.35. The Bertz CT molecular complexity index is 2170. The van der Waals surface area contributed by atoms with E-state index in [1.54, 1.807) is 55.5 Å². The Morgan fingerprint density at radius 2 is 1.70 bits per heavy atom. The van der Waals surface area contributed by atoms with E-state index in [4.69, 9.17) is 46.8 Å². The van der Waals surface area contributed by atoms with Gasteiger partial charge in [0.2, 0.25) is 0 Å². The lowest BCUT2D eigenvalue weighted by molar-refractivity contribution is -0.138. The lowest BCUT2D eigenvalue weighted by Crippen LogP contribution is -2.40. The third-order valence-electron chi connectivity index (χ3n) is 7.37. The normalized spacial score (nSPS) is 14.5. The molecule has 1 atom stereocenters. The van der Waals surface area contributed by atoms with Crippen LogP contribution in [-0.2, 0) is 9.53 Å². The average Bonchev–Trinajstić information content (AvgIpc) is 3.67. The predicted molar refractivity (Wildman–Crippen MR) is 184 cm³/mol. The van der Waals surface area contributed by atoms with Gasteiger partial charge in [-0.2, -0.15) is 0 Å². The highest BCUT2D eigenvalue weighted by Crippen LogP contribution is 2.39. The van der Waals surface area contributed by atoms with Crippen LogP contribution in [0.2, 0.25) is 10.0 Å².